The monoisotopic (exact) mass is 417 g/mol. The smallest absolute Gasteiger partial charge is 0.229 e. The zero-order valence-corrected chi connectivity index (χ0v) is 17.9. The molecule has 0 saturated heterocycles. The van der Waals surface area contributed by atoms with Crippen LogP contribution in [0.2, 0.25) is 0 Å². The summed E-state index contributed by atoms with van der Waals surface area (Å²) in [6.45, 7) is 2.03. The number of aromatic amines is 1. The first-order chi connectivity index (χ1) is 14.5. The molecule has 0 bridgehead atoms. The number of benzene rings is 2. The lowest BCUT2D eigenvalue weighted by Gasteiger charge is -2.14. The average Bonchev–Trinajstić information content (AvgIpc) is 3.18. The summed E-state index contributed by atoms with van der Waals surface area (Å²) in [4.78, 5) is 23.2. The van der Waals surface area contributed by atoms with E-state index >= 15 is 0 Å². The molecule has 1 atom stereocenters. The van der Waals surface area contributed by atoms with Gasteiger partial charge < -0.3 is 15.6 Å². The Morgan fingerprint density at radius 2 is 1.50 bits per heavy atom. The van der Waals surface area contributed by atoms with E-state index in [1.54, 1.807) is 11.8 Å². The van der Waals surface area contributed by atoms with Crippen molar-refractivity contribution in [2.24, 2.45) is 0 Å². The summed E-state index contributed by atoms with van der Waals surface area (Å²) < 4.78 is 0. The average molecular weight is 418 g/mol. The van der Waals surface area contributed by atoms with Crippen LogP contribution in [0.25, 0.3) is 22.5 Å². The summed E-state index contributed by atoms with van der Waals surface area (Å²) in [5.41, 5.74) is 9.94. The number of nitrogens with one attached hydrogen (secondary N) is 1. The van der Waals surface area contributed by atoms with Gasteiger partial charge in [-0.15, -0.1) is 0 Å². The highest BCUT2D eigenvalue weighted by molar-refractivity contribution is 7.99. The van der Waals surface area contributed by atoms with Crippen molar-refractivity contribution in [3.63, 3.8) is 0 Å². The van der Waals surface area contributed by atoms with E-state index in [1.807, 2.05) is 62.3 Å². The number of rotatable bonds is 6. The molecular weight excluding hydrogens is 394 g/mol. The molecule has 8 heteroatoms. The van der Waals surface area contributed by atoms with Crippen molar-refractivity contribution in [3.05, 3.63) is 66.5 Å². The van der Waals surface area contributed by atoms with Crippen molar-refractivity contribution in [2.45, 2.75) is 17.3 Å². The zero-order valence-electron chi connectivity index (χ0n) is 17.1. The minimum absolute atomic E-state index is 0.0626. The molecule has 0 radical (unpaired) electrons. The van der Waals surface area contributed by atoms with Gasteiger partial charge in [-0.25, -0.2) is 4.98 Å². The van der Waals surface area contributed by atoms with Gasteiger partial charge in [-0.3, -0.25) is 0 Å². The van der Waals surface area contributed by atoms with Crippen LogP contribution in [0.4, 0.5) is 11.9 Å². The van der Waals surface area contributed by atoms with Gasteiger partial charge >= 0.3 is 0 Å². The van der Waals surface area contributed by atoms with Crippen LogP contribution in [0.1, 0.15) is 18.0 Å². The lowest BCUT2D eigenvalue weighted by molar-refractivity contribution is 0.861. The number of nitrogens with two attached hydrogens (primary N) is 1. The van der Waals surface area contributed by atoms with Gasteiger partial charge in [-0.2, -0.15) is 15.0 Å². The highest BCUT2D eigenvalue weighted by Crippen LogP contribution is 2.37. The van der Waals surface area contributed by atoms with Gasteiger partial charge in [-0.05, 0) is 6.92 Å². The van der Waals surface area contributed by atoms with Crippen molar-refractivity contribution < 1.29 is 0 Å². The first kappa shape index (κ1) is 19.9. The summed E-state index contributed by atoms with van der Waals surface area (Å²) in [5, 5.41) is 0.734. The molecule has 3 N–H and O–H groups in total. The summed E-state index contributed by atoms with van der Waals surface area (Å²) in [6.07, 6.45) is 0. The van der Waals surface area contributed by atoms with Crippen LogP contribution < -0.4 is 10.6 Å². The third-order valence-corrected chi connectivity index (χ3v) is 5.48. The Labute approximate surface area is 179 Å². The van der Waals surface area contributed by atoms with E-state index in [1.165, 1.54) is 0 Å². The van der Waals surface area contributed by atoms with Gasteiger partial charge in [0.25, 0.3) is 0 Å². The molecule has 4 rings (SSSR count). The van der Waals surface area contributed by atoms with Crippen molar-refractivity contribution in [1.82, 2.24) is 24.9 Å². The lowest BCUT2D eigenvalue weighted by atomic mass is 10.1. The predicted molar refractivity (Wildman–Crippen MR) is 122 cm³/mol. The summed E-state index contributed by atoms with van der Waals surface area (Å²) >= 11 is 1.56. The second kappa shape index (κ2) is 8.54. The standard InChI is InChI=1S/C22H23N7S/c1-14(19-26-20(23)28-21(27-19)29(2)3)30-22-24-17(15-10-6-4-7-11-15)18(25-22)16-12-8-5-9-13-16/h4-14H,1-3H3,(H,24,25)(H2,23,26,27,28). The first-order valence-electron chi connectivity index (χ1n) is 9.57. The van der Waals surface area contributed by atoms with Crippen LogP contribution in [-0.2, 0) is 0 Å². The van der Waals surface area contributed by atoms with Crippen LogP contribution in [0.15, 0.2) is 65.8 Å². The fraction of sp³-hybridized carbons (Fsp3) is 0.182. The van der Waals surface area contributed by atoms with Gasteiger partial charge in [0.2, 0.25) is 11.9 Å². The number of hydrogen-bond donors (Lipinski definition) is 2. The van der Waals surface area contributed by atoms with E-state index < -0.39 is 0 Å². The normalized spacial score (nSPS) is 12.0. The summed E-state index contributed by atoms with van der Waals surface area (Å²) in [5.74, 6) is 1.38. The Kier molecular flexibility index (Phi) is 5.67. The van der Waals surface area contributed by atoms with Crippen molar-refractivity contribution in [3.8, 4) is 22.5 Å². The SMILES string of the molecule is CC(Sc1nc(-c2ccccc2)c(-c2ccccc2)[nH]1)c1nc(N)nc(N(C)C)n1. The quantitative estimate of drug-likeness (QED) is 0.448. The van der Waals surface area contributed by atoms with Crippen LogP contribution in [0.5, 0.6) is 0 Å². The van der Waals surface area contributed by atoms with E-state index in [0.717, 1.165) is 27.7 Å². The number of hydrogen-bond acceptors (Lipinski definition) is 7. The minimum Gasteiger partial charge on any atom is -0.368 e. The van der Waals surface area contributed by atoms with E-state index in [-0.39, 0.29) is 11.2 Å². The molecule has 0 spiro atoms. The zero-order chi connectivity index (χ0) is 21.1. The molecule has 0 fully saturated rings. The van der Waals surface area contributed by atoms with Crippen LogP contribution >= 0.6 is 11.8 Å². The number of aromatic nitrogens is 5. The van der Waals surface area contributed by atoms with Crippen molar-refractivity contribution >= 4 is 23.7 Å². The van der Waals surface area contributed by atoms with Gasteiger partial charge in [0.05, 0.1) is 16.6 Å². The first-order valence-corrected chi connectivity index (χ1v) is 10.5. The van der Waals surface area contributed by atoms with Gasteiger partial charge in [0, 0.05) is 25.2 Å². The minimum atomic E-state index is -0.0626. The highest BCUT2D eigenvalue weighted by Gasteiger charge is 2.19. The molecule has 4 aromatic rings. The Morgan fingerprint density at radius 1 is 0.867 bits per heavy atom. The van der Waals surface area contributed by atoms with E-state index in [9.17, 15) is 0 Å². The molecule has 2 aromatic heterocycles. The summed E-state index contributed by atoms with van der Waals surface area (Å²) in [6, 6.07) is 20.4. The van der Waals surface area contributed by atoms with Crippen molar-refractivity contribution in [2.75, 3.05) is 24.7 Å². The highest BCUT2D eigenvalue weighted by atomic mass is 32.2. The Hall–Kier alpha value is -3.39. The Morgan fingerprint density at radius 3 is 2.13 bits per heavy atom. The molecule has 7 nitrogen and oxygen atoms in total. The van der Waals surface area contributed by atoms with Gasteiger partial charge in [0.15, 0.2) is 5.16 Å². The van der Waals surface area contributed by atoms with E-state index in [4.69, 9.17) is 10.7 Å². The molecule has 30 heavy (non-hydrogen) atoms. The maximum Gasteiger partial charge on any atom is 0.229 e. The number of H-pyrrole nitrogens is 1. The number of nitrogens with zero attached hydrogens (tertiary/aromatic N) is 5. The Balaban J connectivity index is 1.69. The topological polar surface area (TPSA) is 96.6 Å². The number of nitrogen functional groups attached to an aromatic ring is 1. The molecule has 2 aromatic carbocycles. The second-order valence-corrected chi connectivity index (χ2v) is 8.33. The molecule has 1 unspecified atom stereocenters. The third-order valence-electron chi connectivity index (χ3n) is 4.50. The molecule has 0 amide bonds. The maximum atomic E-state index is 5.89. The molecular formula is C22H23N7S. The molecule has 0 saturated carbocycles. The van der Waals surface area contributed by atoms with Gasteiger partial charge in [-0.1, -0.05) is 72.4 Å². The summed E-state index contributed by atoms with van der Waals surface area (Å²) in [7, 11) is 3.75. The Bertz CT molecular complexity index is 1070. The fourth-order valence-electron chi connectivity index (χ4n) is 3.03. The van der Waals surface area contributed by atoms with E-state index in [0.29, 0.717) is 11.8 Å². The van der Waals surface area contributed by atoms with Gasteiger partial charge in [0.1, 0.15) is 5.82 Å². The lowest BCUT2D eigenvalue weighted by Crippen LogP contribution is -2.16. The number of anilines is 2. The molecule has 2 heterocycles. The number of thioether (sulfide) groups is 1. The molecule has 0 aliphatic rings. The number of imidazole rings is 1. The molecule has 0 aliphatic heterocycles. The van der Waals surface area contributed by atoms with Crippen LogP contribution in [0.3, 0.4) is 0 Å². The third kappa shape index (κ3) is 4.28. The van der Waals surface area contributed by atoms with Crippen molar-refractivity contribution in [1.29, 1.82) is 0 Å². The van der Waals surface area contributed by atoms with E-state index in [2.05, 4.69) is 44.2 Å². The predicted octanol–water partition coefficient (Wildman–Crippen LogP) is 4.43. The fourth-order valence-corrected chi connectivity index (χ4v) is 3.88. The second-order valence-electron chi connectivity index (χ2n) is 7.00. The molecule has 0 aliphatic carbocycles. The van der Waals surface area contributed by atoms with Crippen LogP contribution in [0, 0.1) is 0 Å². The van der Waals surface area contributed by atoms with Crippen LogP contribution in [-0.4, -0.2) is 39.0 Å². The maximum absolute atomic E-state index is 5.89. The molecule has 152 valence electrons. The largest absolute Gasteiger partial charge is 0.368 e.